The Kier molecular flexibility index (Phi) is 10.1. The number of hydrogen-bond acceptors (Lipinski definition) is 3. The van der Waals surface area contributed by atoms with Gasteiger partial charge in [0, 0.05) is 50.0 Å². The number of fused-ring (bicyclic) bond motifs is 10. The molecule has 0 amide bonds. The van der Waals surface area contributed by atoms with Gasteiger partial charge in [0.05, 0.1) is 6.85 Å². The third kappa shape index (κ3) is 7.98. The molecule has 1 aliphatic rings. The van der Waals surface area contributed by atoms with Crippen LogP contribution in [0.25, 0.3) is 93.2 Å². The molecule has 0 N–H and O–H groups in total. The van der Waals surface area contributed by atoms with Gasteiger partial charge in [0.15, 0.2) is 0 Å². The summed E-state index contributed by atoms with van der Waals surface area (Å²) in [6.45, 7) is 15.2. The molecule has 3 aromatic heterocycles. The molecule has 0 saturated heterocycles. The summed E-state index contributed by atoms with van der Waals surface area (Å²) in [5.41, 5.74) is 9.64. The van der Waals surface area contributed by atoms with E-state index in [4.69, 9.17) is 16.6 Å². The van der Waals surface area contributed by atoms with Crippen LogP contribution in [0.4, 0.5) is 11.4 Å². The van der Waals surface area contributed by atoms with Crippen molar-refractivity contribution in [3.63, 3.8) is 0 Å². The molecule has 6 heteroatoms. The quantitative estimate of drug-likeness (QED) is 0.156. The second-order valence-electron chi connectivity index (χ2n) is 21.0. The maximum atomic E-state index is 9.09. The van der Waals surface area contributed by atoms with E-state index in [1.165, 1.54) is 5.56 Å². The minimum atomic E-state index is -0.422. The van der Waals surface area contributed by atoms with E-state index in [9.17, 15) is 0 Å². The third-order valence-electron chi connectivity index (χ3n) is 14.3. The summed E-state index contributed by atoms with van der Waals surface area (Å²) in [6.07, 6.45) is 1.88. The molecule has 9 aromatic carbocycles. The zero-order chi connectivity index (χ0) is 53.9. The van der Waals surface area contributed by atoms with Gasteiger partial charge in [-0.1, -0.05) is 192 Å². The van der Waals surface area contributed by atoms with Crippen LogP contribution in [0.2, 0.25) is 0 Å². The number of rotatable bonds is 6. The zero-order valence-corrected chi connectivity index (χ0v) is 44.1. The van der Waals surface area contributed by atoms with Gasteiger partial charge in [-0.2, -0.15) is 12.1 Å². The summed E-state index contributed by atoms with van der Waals surface area (Å²) >= 11 is 0. The summed E-state index contributed by atoms with van der Waals surface area (Å²) in [4.78, 5) is 7.05. The van der Waals surface area contributed by atoms with Crippen molar-refractivity contribution in [3.8, 4) is 39.6 Å². The Morgan fingerprint density at radius 1 is 0.514 bits per heavy atom. The minimum absolute atomic E-state index is 0. The largest absolute Gasteiger partial charge is 0.509 e. The van der Waals surface area contributed by atoms with E-state index in [1.807, 2.05) is 42.6 Å². The maximum absolute atomic E-state index is 9.09. The first kappa shape index (κ1) is 41.4. The van der Waals surface area contributed by atoms with Gasteiger partial charge in [0.2, 0.25) is 0 Å². The number of nitrogens with zero attached hydrogens (tertiary/aromatic N) is 4. The molecule has 0 bridgehead atoms. The van der Waals surface area contributed by atoms with Crippen molar-refractivity contribution in [1.29, 1.82) is 0 Å². The predicted molar refractivity (Wildman–Crippen MR) is 305 cm³/mol. The molecule has 1 aliphatic heterocycles. The molecule has 0 aliphatic carbocycles. The van der Waals surface area contributed by atoms with Gasteiger partial charge >= 0.3 is 0 Å². The predicted octanol–water partition coefficient (Wildman–Crippen LogP) is 18.2. The van der Waals surface area contributed by atoms with E-state index < -0.39 is 6.04 Å². The second kappa shape index (κ2) is 18.1. The minimum Gasteiger partial charge on any atom is -0.509 e. The fraction of sp³-hybridized carbons (Fsp3) is 0.118. The van der Waals surface area contributed by atoms with Crippen molar-refractivity contribution >= 4 is 76.5 Å². The van der Waals surface area contributed by atoms with Gasteiger partial charge in [0.1, 0.15) is 5.82 Å². The third-order valence-corrected chi connectivity index (χ3v) is 14.3. The summed E-state index contributed by atoms with van der Waals surface area (Å²) in [5, 5.41) is 8.50. The van der Waals surface area contributed by atoms with Gasteiger partial charge < -0.3 is 18.8 Å². The SMILES string of the molecule is [2H]c1c([2H])c([2H])c(-c2cc(-c3cccc4c5ccccc5c5ccccc5c5cccc6c5n(c34)[CH-]N6c3[c-]c(Oc4[c-]c5c(cc4)c4ccccc4n5-c4cc(C(C)(C)C)ccn4)ccc3)cc(C(C)(C)C)c2)c([2H])c1[2H].[Pt]. The van der Waals surface area contributed by atoms with Crippen LogP contribution in [-0.4, -0.2) is 14.1 Å². The number of hydrogen-bond donors (Lipinski definition) is 0. The molecule has 74 heavy (non-hydrogen) atoms. The Balaban J connectivity index is 0.00000623. The smallest absolute Gasteiger partial charge is 0.135 e. The van der Waals surface area contributed by atoms with Crippen LogP contribution >= 0.6 is 0 Å². The van der Waals surface area contributed by atoms with Crippen LogP contribution in [0.3, 0.4) is 0 Å². The number of pyridine rings is 1. The van der Waals surface area contributed by atoms with Crippen LogP contribution in [0.15, 0.2) is 206 Å². The van der Waals surface area contributed by atoms with E-state index in [1.54, 1.807) is 0 Å². The van der Waals surface area contributed by atoms with Gasteiger partial charge in [-0.3, -0.25) is 0 Å². The number of ether oxygens (including phenoxy) is 1. The van der Waals surface area contributed by atoms with E-state index in [2.05, 4.69) is 208 Å². The number of aromatic nitrogens is 3. The van der Waals surface area contributed by atoms with Crippen molar-refractivity contribution in [3.05, 3.63) is 236 Å². The van der Waals surface area contributed by atoms with Crippen molar-refractivity contribution in [2.24, 2.45) is 0 Å². The van der Waals surface area contributed by atoms with Crippen molar-refractivity contribution in [2.45, 2.75) is 52.4 Å². The molecule has 0 radical (unpaired) electrons. The van der Waals surface area contributed by atoms with Crippen LogP contribution in [0.5, 0.6) is 11.5 Å². The Hall–Kier alpha value is -8.11. The summed E-state index contributed by atoms with van der Waals surface area (Å²) in [5.74, 6) is 1.87. The Morgan fingerprint density at radius 3 is 1.84 bits per heavy atom. The molecule has 0 fully saturated rings. The molecule has 12 aromatic rings. The first-order valence-electron chi connectivity index (χ1n) is 27.3. The maximum Gasteiger partial charge on any atom is 0.135 e. The molecule has 5 nitrogen and oxygen atoms in total. The van der Waals surface area contributed by atoms with Crippen LogP contribution < -0.4 is 9.64 Å². The van der Waals surface area contributed by atoms with Crippen molar-refractivity contribution < 1.29 is 32.7 Å². The average molecular weight is 1140 g/mol. The molecule has 0 atom stereocenters. The number of anilines is 2. The van der Waals surface area contributed by atoms with Crippen molar-refractivity contribution in [2.75, 3.05) is 4.90 Å². The van der Waals surface area contributed by atoms with Crippen molar-refractivity contribution in [1.82, 2.24) is 14.1 Å². The normalized spacial score (nSPS) is 13.4. The van der Waals surface area contributed by atoms with Gasteiger partial charge in [-0.25, -0.2) is 4.98 Å². The van der Waals surface area contributed by atoms with E-state index in [0.29, 0.717) is 17.1 Å². The molecular weight excluding hydrogens is 1080 g/mol. The number of para-hydroxylation sites is 3. The topological polar surface area (TPSA) is 35.2 Å². The average Bonchev–Trinajstić information content (AvgIpc) is 4.13. The first-order chi connectivity index (χ1) is 37.5. The van der Waals surface area contributed by atoms with Gasteiger partial charge in [0.25, 0.3) is 0 Å². The second-order valence-corrected chi connectivity index (χ2v) is 21.0. The summed E-state index contributed by atoms with van der Waals surface area (Å²) in [6, 6.07) is 64.4. The van der Waals surface area contributed by atoms with E-state index >= 15 is 0 Å². The van der Waals surface area contributed by atoms with E-state index in [-0.39, 0.29) is 61.6 Å². The monoisotopic (exact) mass is 1140 g/mol. The van der Waals surface area contributed by atoms with E-state index in [0.717, 1.165) is 99.0 Å². The molecule has 0 unspecified atom stereocenters. The van der Waals surface area contributed by atoms with Crippen LogP contribution in [0, 0.1) is 18.8 Å². The van der Waals surface area contributed by atoms with Crippen LogP contribution in [0.1, 0.15) is 59.5 Å². The van der Waals surface area contributed by atoms with Gasteiger partial charge in [-0.05, 0) is 130 Å². The van der Waals surface area contributed by atoms with Crippen LogP contribution in [-0.2, 0) is 31.9 Å². The summed E-state index contributed by atoms with van der Waals surface area (Å²) < 4.78 is 55.1. The molecule has 0 saturated carbocycles. The first-order valence-corrected chi connectivity index (χ1v) is 24.8. The number of benzene rings is 9. The Morgan fingerprint density at radius 2 is 1.12 bits per heavy atom. The Bertz CT molecular complexity index is 4540. The van der Waals surface area contributed by atoms with Gasteiger partial charge in [-0.15, -0.1) is 35.7 Å². The molecule has 4 heterocycles. The Labute approximate surface area is 453 Å². The molecule has 364 valence electrons. The fourth-order valence-electron chi connectivity index (χ4n) is 10.6. The summed E-state index contributed by atoms with van der Waals surface area (Å²) in [7, 11) is 0. The zero-order valence-electron chi connectivity index (χ0n) is 46.8. The fourth-order valence-corrected chi connectivity index (χ4v) is 10.6. The molecule has 13 rings (SSSR count). The molecule has 0 spiro atoms. The standard InChI is InChI=1S/C68H53N4O.Pt/c1-67(2,3)47-35-36-69-64(40-47)72-61-31-15-14-27-57(61)58-34-33-51(42-63(58)72)73-50-22-16-21-49(41-50)70-43-71-65-52(46-37-45(44-19-8-7-9-20-44)38-48(39-46)68(4,5)6)28-17-29-59(65)55-25-12-10-23-53(55)54-24-11-13-26-56(54)60-30-18-32-62(70)66(60)71;/h7-40,43H,1-6H3;/q-3;/i7D,8D,9D,19D,20D;. The molecular formula is C68H53N4OPt-3.